The Morgan fingerprint density at radius 3 is 2.65 bits per heavy atom. The van der Waals surface area contributed by atoms with Crippen molar-refractivity contribution in [1.29, 1.82) is 0 Å². The van der Waals surface area contributed by atoms with Crippen LogP contribution in [0.4, 0.5) is 5.69 Å². The molecule has 2 aromatic rings. The summed E-state index contributed by atoms with van der Waals surface area (Å²) >= 11 is 12.3. The fourth-order valence-corrected chi connectivity index (χ4v) is 3.02. The van der Waals surface area contributed by atoms with Crippen molar-refractivity contribution >= 4 is 34.8 Å². The molecule has 0 N–H and O–H groups in total. The molecule has 0 radical (unpaired) electrons. The molecule has 1 heterocycles. The lowest BCUT2D eigenvalue weighted by Gasteiger charge is -2.22. The van der Waals surface area contributed by atoms with E-state index < -0.39 is 4.92 Å². The van der Waals surface area contributed by atoms with E-state index in [1.54, 1.807) is 13.1 Å². The number of ether oxygens (including phenoxy) is 2. The van der Waals surface area contributed by atoms with E-state index in [0.717, 1.165) is 0 Å². The predicted octanol–water partition coefficient (Wildman–Crippen LogP) is 3.95. The SMILES string of the molecule is CN(Cc1cc([N+](=O)[O-])ccc1Cl)C(=O)c1cc(Cl)c2c(c1)OCCO2. The summed E-state index contributed by atoms with van der Waals surface area (Å²) in [6.45, 7) is 0.872. The Balaban J connectivity index is 1.83. The van der Waals surface area contributed by atoms with Crippen molar-refractivity contribution in [3.8, 4) is 11.5 Å². The van der Waals surface area contributed by atoms with Gasteiger partial charge in [0.25, 0.3) is 11.6 Å². The zero-order valence-electron chi connectivity index (χ0n) is 13.7. The molecule has 0 unspecified atom stereocenters. The van der Waals surface area contributed by atoms with Crippen molar-refractivity contribution in [2.45, 2.75) is 6.54 Å². The summed E-state index contributed by atoms with van der Waals surface area (Å²) in [6.07, 6.45) is 0. The Morgan fingerprint density at radius 2 is 1.92 bits per heavy atom. The average molecular weight is 397 g/mol. The van der Waals surface area contributed by atoms with Crippen molar-refractivity contribution in [3.63, 3.8) is 0 Å². The van der Waals surface area contributed by atoms with Crippen LogP contribution in [0.3, 0.4) is 0 Å². The Hall–Kier alpha value is -2.51. The van der Waals surface area contributed by atoms with Crippen molar-refractivity contribution in [2.75, 3.05) is 20.3 Å². The van der Waals surface area contributed by atoms with Gasteiger partial charge in [-0.2, -0.15) is 0 Å². The first kappa shape index (κ1) is 18.3. The topological polar surface area (TPSA) is 81.9 Å². The number of nitrogens with zero attached hydrogens (tertiary/aromatic N) is 2. The number of benzene rings is 2. The van der Waals surface area contributed by atoms with Gasteiger partial charge in [-0.1, -0.05) is 23.2 Å². The standard InChI is InChI=1S/C17H14Cl2N2O5/c1-20(9-11-6-12(21(23)24)2-3-13(11)18)17(22)10-7-14(19)16-15(8-10)25-4-5-26-16/h2-3,6-8H,4-5,9H2,1H3. The van der Waals surface area contributed by atoms with Crippen LogP contribution in [-0.4, -0.2) is 36.0 Å². The van der Waals surface area contributed by atoms with Gasteiger partial charge in [0, 0.05) is 36.3 Å². The summed E-state index contributed by atoms with van der Waals surface area (Å²) in [7, 11) is 1.57. The van der Waals surface area contributed by atoms with Crippen molar-refractivity contribution in [1.82, 2.24) is 4.90 Å². The second-order valence-electron chi connectivity index (χ2n) is 5.68. The van der Waals surface area contributed by atoms with Gasteiger partial charge >= 0.3 is 0 Å². The maximum absolute atomic E-state index is 12.7. The quantitative estimate of drug-likeness (QED) is 0.577. The van der Waals surface area contributed by atoms with Crippen LogP contribution in [0.2, 0.25) is 10.0 Å². The smallest absolute Gasteiger partial charge is 0.269 e. The van der Waals surface area contributed by atoms with Gasteiger partial charge in [-0.25, -0.2) is 0 Å². The third-order valence-corrected chi connectivity index (χ3v) is 4.49. The Bertz CT molecular complexity index is 888. The molecule has 0 spiro atoms. The minimum absolute atomic E-state index is 0.0902. The number of carbonyl (C=O) groups is 1. The third-order valence-electron chi connectivity index (χ3n) is 3.84. The Morgan fingerprint density at radius 1 is 1.19 bits per heavy atom. The highest BCUT2D eigenvalue weighted by Crippen LogP contribution is 2.38. The molecule has 1 aliphatic rings. The van der Waals surface area contributed by atoms with Crippen molar-refractivity contribution in [3.05, 3.63) is 61.6 Å². The molecule has 1 aliphatic heterocycles. The van der Waals surface area contributed by atoms with Gasteiger partial charge in [-0.15, -0.1) is 0 Å². The maximum atomic E-state index is 12.7. The van der Waals surface area contributed by atoms with Crippen LogP contribution in [0.25, 0.3) is 0 Å². The van der Waals surface area contributed by atoms with E-state index in [9.17, 15) is 14.9 Å². The number of hydrogen-bond acceptors (Lipinski definition) is 5. The van der Waals surface area contributed by atoms with Gasteiger partial charge in [0.2, 0.25) is 0 Å². The molecular formula is C17H14Cl2N2O5. The molecule has 26 heavy (non-hydrogen) atoms. The molecule has 3 rings (SSSR count). The highest BCUT2D eigenvalue weighted by atomic mass is 35.5. The Labute approximate surface area is 159 Å². The van der Waals surface area contributed by atoms with Gasteiger partial charge in [0.15, 0.2) is 11.5 Å². The molecule has 0 saturated heterocycles. The number of carbonyl (C=O) groups excluding carboxylic acids is 1. The van der Waals surface area contributed by atoms with Gasteiger partial charge in [0.05, 0.1) is 9.95 Å². The number of rotatable bonds is 4. The van der Waals surface area contributed by atoms with Crippen LogP contribution in [0.1, 0.15) is 15.9 Å². The van der Waals surface area contributed by atoms with Crippen LogP contribution in [0.15, 0.2) is 30.3 Å². The van der Waals surface area contributed by atoms with E-state index in [0.29, 0.717) is 40.9 Å². The van der Waals surface area contributed by atoms with Crippen molar-refractivity contribution in [2.24, 2.45) is 0 Å². The Kier molecular flexibility index (Phi) is 5.20. The molecule has 1 amide bonds. The summed E-state index contributed by atoms with van der Waals surface area (Å²) in [5, 5.41) is 11.5. The minimum Gasteiger partial charge on any atom is -0.486 e. The summed E-state index contributed by atoms with van der Waals surface area (Å²) in [5.74, 6) is 0.499. The van der Waals surface area contributed by atoms with E-state index in [-0.39, 0.29) is 23.2 Å². The number of nitro benzene ring substituents is 1. The largest absolute Gasteiger partial charge is 0.486 e. The molecule has 2 aromatic carbocycles. The van der Waals surface area contributed by atoms with Crippen molar-refractivity contribution < 1.29 is 19.2 Å². The fraction of sp³-hybridized carbons (Fsp3) is 0.235. The van der Waals surface area contributed by atoms with Gasteiger partial charge in [-0.05, 0) is 23.8 Å². The molecule has 0 fully saturated rings. The van der Waals surface area contributed by atoms with Crippen LogP contribution in [0, 0.1) is 10.1 Å². The van der Waals surface area contributed by atoms with Gasteiger partial charge in [0.1, 0.15) is 13.2 Å². The molecular weight excluding hydrogens is 383 g/mol. The number of fused-ring (bicyclic) bond motifs is 1. The molecule has 0 saturated carbocycles. The van der Waals surface area contributed by atoms with E-state index in [1.807, 2.05) is 0 Å². The molecule has 0 aromatic heterocycles. The summed E-state index contributed by atoms with van der Waals surface area (Å²) in [6, 6.07) is 7.17. The van der Waals surface area contributed by atoms with E-state index in [2.05, 4.69) is 0 Å². The van der Waals surface area contributed by atoms with Crippen LogP contribution < -0.4 is 9.47 Å². The van der Waals surface area contributed by atoms with Crippen LogP contribution in [0.5, 0.6) is 11.5 Å². The van der Waals surface area contributed by atoms with E-state index in [1.165, 1.54) is 29.2 Å². The van der Waals surface area contributed by atoms with E-state index in [4.69, 9.17) is 32.7 Å². The molecule has 0 bridgehead atoms. The molecule has 136 valence electrons. The average Bonchev–Trinajstić information content (AvgIpc) is 2.62. The highest BCUT2D eigenvalue weighted by Gasteiger charge is 2.22. The van der Waals surface area contributed by atoms with Gasteiger partial charge < -0.3 is 14.4 Å². The zero-order valence-corrected chi connectivity index (χ0v) is 15.2. The first-order chi connectivity index (χ1) is 12.4. The summed E-state index contributed by atoms with van der Waals surface area (Å²) in [4.78, 5) is 24.5. The molecule has 0 atom stereocenters. The van der Waals surface area contributed by atoms with Gasteiger partial charge in [-0.3, -0.25) is 14.9 Å². The number of hydrogen-bond donors (Lipinski definition) is 0. The monoisotopic (exact) mass is 396 g/mol. The maximum Gasteiger partial charge on any atom is 0.269 e. The lowest BCUT2D eigenvalue weighted by atomic mass is 10.1. The highest BCUT2D eigenvalue weighted by molar-refractivity contribution is 6.32. The fourth-order valence-electron chi connectivity index (χ4n) is 2.58. The number of non-ortho nitro benzene ring substituents is 1. The second-order valence-corrected chi connectivity index (χ2v) is 6.49. The third kappa shape index (κ3) is 3.68. The minimum atomic E-state index is -0.512. The van der Waals surface area contributed by atoms with E-state index >= 15 is 0 Å². The summed E-state index contributed by atoms with van der Waals surface area (Å²) < 4.78 is 10.9. The second kappa shape index (κ2) is 7.39. The van der Waals surface area contributed by atoms with Crippen LogP contribution in [-0.2, 0) is 6.54 Å². The predicted molar refractivity (Wildman–Crippen MR) is 96.3 cm³/mol. The first-order valence-corrected chi connectivity index (χ1v) is 8.40. The first-order valence-electron chi connectivity index (χ1n) is 7.64. The molecule has 7 nitrogen and oxygen atoms in total. The lowest BCUT2D eigenvalue weighted by Crippen LogP contribution is -2.26. The number of amides is 1. The summed E-state index contributed by atoms with van der Waals surface area (Å²) in [5.41, 5.74) is 0.705. The number of halogens is 2. The number of nitro groups is 1. The van der Waals surface area contributed by atoms with Crippen LogP contribution >= 0.6 is 23.2 Å². The lowest BCUT2D eigenvalue weighted by molar-refractivity contribution is -0.384. The molecule has 9 heteroatoms. The zero-order chi connectivity index (χ0) is 18.8. The normalized spacial score (nSPS) is 12.6. The molecule has 0 aliphatic carbocycles.